The summed E-state index contributed by atoms with van der Waals surface area (Å²) >= 11 is 1.55. The second-order valence-electron chi connectivity index (χ2n) is 8.37. The highest BCUT2D eigenvalue weighted by Gasteiger charge is 2.35. The van der Waals surface area contributed by atoms with E-state index in [0.29, 0.717) is 30.8 Å². The summed E-state index contributed by atoms with van der Waals surface area (Å²) in [6.07, 6.45) is 3.86. The third-order valence-electron chi connectivity index (χ3n) is 6.18. The maximum Gasteiger partial charge on any atom is 0.253 e. The Hall–Kier alpha value is -3.80. The first-order valence-electron chi connectivity index (χ1n) is 11.1. The molecule has 5 rings (SSSR count). The van der Waals surface area contributed by atoms with E-state index in [4.69, 9.17) is 0 Å². The Morgan fingerprint density at radius 1 is 1.06 bits per heavy atom. The summed E-state index contributed by atoms with van der Waals surface area (Å²) in [5.41, 5.74) is 1.85. The minimum atomic E-state index is -0.913. The Balaban J connectivity index is 1.33. The van der Waals surface area contributed by atoms with Crippen LogP contribution in [0, 0.1) is 11.3 Å². The quantitative estimate of drug-likeness (QED) is 0.413. The summed E-state index contributed by atoms with van der Waals surface area (Å²) in [6, 6.07) is 19.6. The van der Waals surface area contributed by atoms with Gasteiger partial charge in [0, 0.05) is 49.2 Å². The largest absolute Gasteiger partial charge is 0.336 e. The minimum Gasteiger partial charge on any atom is -0.336 e. The van der Waals surface area contributed by atoms with Gasteiger partial charge in [0.15, 0.2) is 17.0 Å². The van der Waals surface area contributed by atoms with Crippen LogP contribution in [0.15, 0.2) is 73.1 Å². The molecule has 2 aromatic carbocycles. The second-order valence-corrected chi connectivity index (χ2v) is 9.38. The lowest BCUT2D eigenvalue weighted by Gasteiger charge is -2.41. The molecule has 0 bridgehead atoms. The summed E-state index contributed by atoms with van der Waals surface area (Å²) < 4.78 is 2.91. The van der Waals surface area contributed by atoms with Crippen molar-refractivity contribution in [1.29, 1.82) is 5.26 Å². The lowest BCUT2D eigenvalue weighted by atomic mass is 10.0. The molecule has 0 N–H and O–H groups in total. The fourth-order valence-electron chi connectivity index (χ4n) is 4.39. The fraction of sp³-hybridized carbons (Fsp3) is 0.231. The number of aromatic nitrogens is 2. The topological polar surface area (TPSA) is 82.2 Å². The second kappa shape index (κ2) is 9.21. The molecule has 0 spiro atoms. The number of nitrogens with zero attached hydrogens (tertiary/aromatic N) is 5. The number of benzene rings is 2. The van der Waals surface area contributed by atoms with Crippen molar-refractivity contribution in [2.24, 2.45) is 0 Å². The summed E-state index contributed by atoms with van der Waals surface area (Å²) in [6.45, 7) is 3.34. The molecular formula is C26H23N5O2S. The predicted molar refractivity (Wildman–Crippen MR) is 131 cm³/mol. The van der Waals surface area contributed by atoms with Gasteiger partial charge in [-0.2, -0.15) is 5.26 Å². The third kappa shape index (κ3) is 4.12. The maximum absolute atomic E-state index is 13.4. The number of carbonyl (C=O) groups is 2. The number of ketones is 1. The number of hydrogen-bond donors (Lipinski definition) is 0. The minimum absolute atomic E-state index is 0.0283. The van der Waals surface area contributed by atoms with Crippen LogP contribution in [0.5, 0.6) is 0 Å². The van der Waals surface area contributed by atoms with Gasteiger partial charge in [0.1, 0.15) is 0 Å². The number of thiazole rings is 1. The molecule has 7 nitrogen and oxygen atoms in total. The third-order valence-corrected chi connectivity index (χ3v) is 7.23. The first-order chi connectivity index (χ1) is 16.5. The number of hydrogen-bond acceptors (Lipinski definition) is 6. The van der Waals surface area contributed by atoms with Gasteiger partial charge in [0.05, 0.1) is 16.3 Å². The molecule has 1 aliphatic heterocycles. The SMILES string of the molecule is C[C@@H]1CN(C(=O)c2ccccc2)CCN1C(C#N)C(=O)c1ccc2sc(-n3cccc3)nc2c1. The number of Topliss-reactive ketones (excluding diaryl/α,β-unsaturated/α-hetero) is 1. The molecule has 170 valence electrons. The highest BCUT2D eigenvalue weighted by Crippen LogP contribution is 2.27. The van der Waals surface area contributed by atoms with Crippen molar-refractivity contribution in [3.8, 4) is 11.2 Å². The summed E-state index contributed by atoms with van der Waals surface area (Å²) in [5.74, 6) is -0.269. The van der Waals surface area contributed by atoms with Gasteiger partial charge >= 0.3 is 0 Å². The maximum atomic E-state index is 13.4. The van der Waals surface area contributed by atoms with E-state index in [9.17, 15) is 14.9 Å². The highest BCUT2D eigenvalue weighted by atomic mass is 32.1. The zero-order valence-corrected chi connectivity index (χ0v) is 19.5. The molecule has 1 unspecified atom stereocenters. The van der Waals surface area contributed by atoms with Crippen molar-refractivity contribution in [3.05, 3.63) is 84.2 Å². The summed E-state index contributed by atoms with van der Waals surface area (Å²) in [7, 11) is 0. The van der Waals surface area contributed by atoms with Crippen LogP contribution in [0.2, 0.25) is 0 Å². The van der Waals surface area contributed by atoms with Gasteiger partial charge in [-0.1, -0.05) is 29.5 Å². The van der Waals surface area contributed by atoms with Gasteiger partial charge in [-0.15, -0.1) is 0 Å². The van der Waals surface area contributed by atoms with Crippen LogP contribution < -0.4 is 0 Å². The molecule has 0 aliphatic carbocycles. The molecule has 3 heterocycles. The van der Waals surface area contributed by atoms with Crippen LogP contribution >= 0.6 is 11.3 Å². The molecule has 34 heavy (non-hydrogen) atoms. The molecule has 2 aromatic heterocycles. The van der Waals surface area contributed by atoms with E-state index >= 15 is 0 Å². The van der Waals surface area contributed by atoms with Crippen molar-refractivity contribution >= 4 is 33.2 Å². The van der Waals surface area contributed by atoms with Gasteiger partial charge in [-0.05, 0) is 49.4 Å². The molecule has 1 saturated heterocycles. The smallest absolute Gasteiger partial charge is 0.253 e. The van der Waals surface area contributed by atoms with Crippen molar-refractivity contribution in [3.63, 3.8) is 0 Å². The van der Waals surface area contributed by atoms with E-state index in [2.05, 4.69) is 11.1 Å². The highest BCUT2D eigenvalue weighted by molar-refractivity contribution is 7.20. The number of rotatable bonds is 5. The number of carbonyl (C=O) groups excluding carboxylic acids is 2. The van der Waals surface area contributed by atoms with Crippen LogP contribution in [0.25, 0.3) is 15.3 Å². The fourth-order valence-corrected chi connectivity index (χ4v) is 5.30. The zero-order chi connectivity index (χ0) is 23.7. The number of piperazine rings is 1. The van der Waals surface area contributed by atoms with Crippen LogP contribution in [0.1, 0.15) is 27.6 Å². The molecular weight excluding hydrogens is 446 g/mol. The Labute approximate surface area is 201 Å². The monoisotopic (exact) mass is 469 g/mol. The van der Waals surface area contributed by atoms with Gasteiger partial charge in [-0.3, -0.25) is 14.5 Å². The van der Waals surface area contributed by atoms with Gasteiger partial charge in [0.25, 0.3) is 5.91 Å². The van der Waals surface area contributed by atoms with Crippen molar-refractivity contribution in [2.75, 3.05) is 19.6 Å². The van der Waals surface area contributed by atoms with E-state index in [-0.39, 0.29) is 17.7 Å². The Morgan fingerprint density at radius 3 is 2.53 bits per heavy atom. The molecule has 4 aromatic rings. The molecule has 2 atom stereocenters. The van der Waals surface area contributed by atoms with Gasteiger partial charge < -0.3 is 9.47 Å². The predicted octanol–water partition coefficient (Wildman–Crippen LogP) is 4.01. The van der Waals surface area contributed by atoms with Crippen LogP contribution in [-0.2, 0) is 0 Å². The molecule has 1 aliphatic rings. The average Bonchev–Trinajstić information content (AvgIpc) is 3.55. The summed E-state index contributed by atoms with van der Waals surface area (Å²) in [4.78, 5) is 34.5. The molecule has 1 fully saturated rings. The van der Waals surface area contributed by atoms with Crippen LogP contribution in [-0.4, -0.2) is 62.8 Å². The van der Waals surface area contributed by atoms with E-state index in [1.54, 1.807) is 40.5 Å². The Bertz CT molecular complexity index is 1370. The van der Waals surface area contributed by atoms with Crippen molar-refractivity contribution < 1.29 is 9.59 Å². The van der Waals surface area contributed by atoms with Crippen molar-refractivity contribution in [1.82, 2.24) is 19.4 Å². The van der Waals surface area contributed by atoms with Crippen molar-refractivity contribution in [2.45, 2.75) is 19.0 Å². The van der Waals surface area contributed by atoms with Crippen LogP contribution in [0.3, 0.4) is 0 Å². The standard InChI is InChI=1S/C26H23N5O2S/c1-18-17-30(25(33)19-7-3-2-4-8-19)13-14-31(18)22(16-27)24(32)20-9-10-23-21(15-20)28-26(34-23)29-11-5-6-12-29/h2-12,15,18,22H,13-14,17H2,1H3/t18-,22?/m1/s1. The van der Waals surface area contributed by atoms with E-state index in [1.807, 2.05) is 65.2 Å². The van der Waals surface area contributed by atoms with E-state index < -0.39 is 6.04 Å². The molecule has 0 radical (unpaired) electrons. The number of fused-ring (bicyclic) bond motifs is 1. The molecule has 8 heteroatoms. The zero-order valence-electron chi connectivity index (χ0n) is 18.7. The van der Waals surface area contributed by atoms with Crippen LogP contribution in [0.4, 0.5) is 0 Å². The average molecular weight is 470 g/mol. The molecule has 1 amide bonds. The van der Waals surface area contributed by atoms with Gasteiger partial charge in [0.2, 0.25) is 0 Å². The summed E-state index contributed by atoms with van der Waals surface area (Å²) in [5, 5.41) is 10.7. The normalized spacial score (nSPS) is 17.4. The first-order valence-corrected chi connectivity index (χ1v) is 11.9. The lowest BCUT2D eigenvalue weighted by molar-refractivity contribution is 0.0429. The Kier molecular flexibility index (Phi) is 5.97. The van der Waals surface area contributed by atoms with Gasteiger partial charge in [-0.25, -0.2) is 4.98 Å². The van der Waals surface area contributed by atoms with E-state index in [1.165, 1.54) is 0 Å². The number of amides is 1. The Morgan fingerprint density at radius 2 is 1.82 bits per heavy atom. The van der Waals surface area contributed by atoms with E-state index in [0.717, 1.165) is 15.3 Å². The first kappa shape index (κ1) is 22.0. The lowest BCUT2D eigenvalue weighted by Crippen LogP contribution is -2.58. The molecule has 0 saturated carbocycles. The number of nitriles is 1.